The molecule has 1 aromatic carbocycles. The first-order valence-corrected chi connectivity index (χ1v) is 7.27. The Kier molecular flexibility index (Phi) is 4.76. The number of aryl methyl sites for hydroxylation is 1. The topological polar surface area (TPSA) is 32.3 Å². The minimum absolute atomic E-state index is 0.0377. The van der Waals surface area contributed by atoms with Crippen LogP contribution in [0, 0.1) is 12.7 Å². The Morgan fingerprint density at radius 2 is 2.20 bits per heavy atom. The Bertz CT molecular complexity index is 487. The highest BCUT2D eigenvalue weighted by atomic mass is 19.1. The van der Waals surface area contributed by atoms with E-state index in [4.69, 9.17) is 0 Å². The van der Waals surface area contributed by atoms with Crippen LogP contribution in [0.15, 0.2) is 18.2 Å². The quantitative estimate of drug-likeness (QED) is 0.896. The van der Waals surface area contributed by atoms with Gasteiger partial charge in [-0.3, -0.25) is 4.79 Å². The summed E-state index contributed by atoms with van der Waals surface area (Å²) in [6.45, 7) is 7.54. The number of likely N-dealkylation sites (tertiary alicyclic amines) is 1. The first-order valence-electron chi connectivity index (χ1n) is 7.27. The lowest BCUT2D eigenvalue weighted by atomic mass is 10.1. The zero-order valence-corrected chi connectivity index (χ0v) is 12.4. The molecule has 1 aliphatic heterocycles. The summed E-state index contributed by atoms with van der Waals surface area (Å²) < 4.78 is 13.1. The summed E-state index contributed by atoms with van der Waals surface area (Å²) in [6, 6.07) is 5.13. The van der Waals surface area contributed by atoms with Crippen molar-refractivity contribution in [1.82, 2.24) is 10.2 Å². The SMILES string of the molecule is Cc1cc(F)ccc1CCN1CCC(NC(C)C)C1=O. The standard InChI is InChI=1S/C16H23FN2O/c1-11(2)18-15-7-9-19(16(15)20)8-6-13-4-5-14(17)10-12(13)3/h4-5,10-11,15,18H,6-9H2,1-3H3. The van der Waals surface area contributed by atoms with Gasteiger partial charge in [-0.25, -0.2) is 4.39 Å². The van der Waals surface area contributed by atoms with Crippen LogP contribution in [0.2, 0.25) is 0 Å². The van der Waals surface area contributed by atoms with Crippen LogP contribution in [0.5, 0.6) is 0 Å². The summed E-state index contributed by atoms with van der Waals surface area (Å²) in [6.07, 6.45) is 1.66. The van der Waals surface area contributed by atoms with E-state index in [9.17, 15) is 9.18 Å². The number of amides is 1. The second kappa shape index (κ2) is 6.35. The molecule has 0 saturated carbocycles. The third kappa shape index (κ3) is 3.57. The van der Waals surface area contributed by atoms with E-state index in [-0.39, 0.29) is 17.8 Å². The van der Waals surface area contributed by atoms with Gasteiger partial charge in [-0.1, -0.05) is 19.9 Å². The molecule has 0 aliphatic carbocycles. The largest absolute Gasteiger partial charge is 0.341 e. The first kappa shape index (κ1) is 15.0. The molecule has 1 heterocycles. The number of carbonyl (C=O) groups excluding carboxylic acids is 1. The lowest BCUT2D eigenvalue weighted by Gasteiger charge is -2.19. The van der Waals surface area contributed by atoms with Crippen molar-refractivity contribution in [3.8, 4) is 0 Å². The number of carbonyl (C=O) groups is 1. The van der Waals surface area contributed by atoms with Crippen LogP contribution in [0.25, 0.3) is 0 Å². The molecule has 0 aromatic heterocycles. The molecule has 3 nitrogen and oxygen atoms in total. The van der Waals surface area contributed by atoms with E-state index in [0.717, 1.165) is 30.5 Å². The molecule has 2 rings (SSSR count). The number of rotatable bonds is 5. The average molecular weight is 278 g/mol. The Labute approximate surface area is 120 Å². The Morgan fingerprint density at radius 3 is 2.85 bits per heavy atom. The van der Waals surface area contributed by atoms with Crippen molar-refractivity contribution >= 4 is 5.91 Å². The fourth-order valence-electron chi connectivity index (χ4n) is 2.71. The van der Waals surface area contributed by atoms with Gasteiger partial charge in [0, 0.05) is 19.1 Å². The molecule has 1 N–H and O–H groups in total. The molecule has 1 atom stereocenters. The van der Waals surface area contributed by atoms with Crippen molar-refractivity contribution in [3.63, 3.8) is 0 Å². The van der Waals surface area contributed by atoms with Gasteiger partial charge in [-0.05, 0) is 43.0 Å². The van der Waals surface area contributed by atoms with E-state index in [1.165, 1.54) is 6.07 Å². The summed E-state index contributed by atoms with van der Waals surface area (Å²) in [5.41, 5.74) is 2.06. The van der Waals surface area contributed by atoms with E-state index in [2.05, 4.69) is 19.2 Å². The highest BCUT2D eigenvalue weighted by Crippen LogP contribution is 2.15. The smallest absolute Gasteiger partial charge is 0.239 e. The molecule has 0 radical (unpaired) electrons. The fourth-order valence-corrected chi connectivity index (χ4v) is 2.71. The molecule has 1 unspecified atom stereocenters. The van der Waals surface area contributed by atoms with Crippen LogP contribution in [-0.2, 0) is 11.2 Å². The predicted octanol–water partition coefficient (Wildman–Crippen LogP) is 2.28. The number of nitrogens with zero attached hydrogens (tertiary/aromatic N) is 1. The second-order valence-corrected chi connectivity index (χ2v) is 5.81. The second-order valence-electron chi connectivity index (χ2n) is 5.81. The molecule has 1 aliphatic rings. The molecular weight excluding hydrogens is 255 g/mol. The Hall–Kier alpha value is -1.42. The summed E-state index contributed by atoms with van der Waals surface area (Å²) in [5.74, 6) is -0.0110. The van der Waals surface area contributed by atoms with Crippen LogP contribution in [0.4, 0.5) is 4.39 Å². The zero-order chi connectivity index (χ0) is 14.7. The maximum Gasteiger partial charge on any atom is 0.239 e. The highest BCUT2D eigenvalue weighted by molar-refractivity contribution is 5.84. The van der Waals surface area contributed by atoms with Gasteiger partial charge in [0.05, 0.1) is 6.04 Å². The van der Waals surface area contributed by atoms with Crippen molar-refractivity contribution in [2.45, 2.75) is 45.7 Å². The van der Waals surface area contributed by atoms with E-state index >= 15 is 0 Å². The summed E-state index contributed by atoms with van der Waals surface area (Å²) in [4.78, 5) is 14.1. The van der Waals surface area contributed by atoms with Gasteiger partial charge in [0.15, 0.2) is 0 Å². The van der Waals surface area contributed by atoms with Gasteiger partial charge in [-0.15, -0.1) is 0 Å². The van der Waals surface area contributed by atoms with Crippen molar-refractivity contribution in [3.05, 3.63) is 35.1 Å². The number of nitrogens with one attached hydrogen (secondary N) is 1. The fraction of sp³-hybridized carbons (Fsp3) is 0.562. The summed E-state index contributed by atoms with van der Waals surface area (Å²) >= 11 is 0. The van der Waals surface area contributed by atoms with Crippen molar-refractivity contribution in [1.29, 1.82) is 0 Å². The minimum Gasteiger partial charge on any atom is -0.341 e. The normalized spacial score (nSPS) is 19.1. The van der Waals surface area contributed by atoms with Crippen LogP contribution >= 0.6 is 0 Å². The van der Waals surface area contributed by atoms with Gasteiger partial charge in [-0.2, -0.15) is 0 Å². The average Bonchev–Trinajstić information content (AvgIpc) is 2.69. The predicted molar refractivity (Wildman–Crippen MR) is 78.1 cm³/mol. The molecule has 4 heteroatoms. The third-order valence-corrected chi connectivity index (χ3v) is 3.79. The van der Waals surface area contributed by atoms with Gasteiger partial charge in [0.1, 0.15) is 5.82 Å². The minimum atomic E-state index is -0.204. The van der Waals surface area contributed by atoms with E-state index in [1.54, 1.807) is 6.07 Å². The Morgan fingerprint density at radius 1 is 1.45 bits per heavy atom. The molecule has 0 bridgehead atoms. The zero-order valence-electron chi connectivity index (χ0n) is 12.4. The molecule has 1 aromatic rings. The number of hydrogen-bond acceptors (Lipinski definition) is 2. The molecule has 0 spiro atoms. The van der Waals surface area contributed by atoms with Crippen molar-refractivity contribution < 1.29 is 9.18 Å². The maximum atomic E-state index is 13.1. The molecular formula is C16H23FN2O. The molecule has 1 fully saturated rings. The lowest BCUT2D eigenvalue weighted by Crippen LogP contribution is -2.41. The summed E-state index contributed by atoms with van der Waals surface area (Å²) in [7, 11) is 0. The van der Waals surface area contributed by atoms with Crippen LogP contribution in [0.3, 0.4) is 0 Å². The highest BCUT2D eigenvalue weighted by Gasteiger charge is 2.31. The van der Waals surface area contributed by atoms with Crippen molar-refractivity contribution in [2.24, 2.45) is 0 Å². The number of hydrogen-bond donors (Lipinski definition) is 1. The van der Waals surface area contributed by atoms with Crippen LogP contribution in [0.1, 0.15) is 31.4 Å². The van der Waals surface area contributed by atoms with Gasteiger partial charge in [0.25, 0.3) is 0 Å². The van der Waals surface area contributed by atoms with Crippen LogP contribution < -0.4 is 5.32 Å². The Balaban J connectivity index is 1.90. The molecule has 20 heavy (non-hydrogen) atoms. The van der Waals surface area contributed by atoms with E-state index in [0.29, 0.717) is 12.6 Å². The molecule has 110 valence electrons. The number of benzene rings is 1. The maximum absolute atomic E-state index is 13.1. The van der Waals surface area contributed by atoms with Crippen molar-refractivity contribution in [2.75, 3.05) is 13.1 Å². The van der Waals surface area contributed by atoms with E-state index < -0.39 is 0 Å². The number of halogens is 1. The first-order chi connectivity index (χ1) is 9.47. The van der Waals surface area contributed by atoms with Gasteiger partial charge < -0.3 is 10.2 Å². The monoisotopic (exact) mass is 278 g/mol. The third-order valence-electron chi connectivity index (χ3n) is 3.79. The van der Waals surface area contributed by atoms with Gasteiger partial charge >= 0.3 is 0 Å². The van der Waals surface area contributed by atoms with Gasteiger partial charge in [0.2, 0.25) is 5.91 Å². The van der Waals surface area contributed by atoms with Crippen LogP contribution in [-0.4, -0.2) is 36.0 Å². The molecule has 1 amide bonds. The lowest BCUT2D eigenvalue weighted by molar-refractivity contribution is -0.129. The molecule has 1 saturated heterocycles. The summed E-state index contributed by atoms with van der Waals surface area (Å²) in [5, 5.41) is 3.30. The van der Waals surface area contributed by atoms with E-state index in [1.807, 2.05) is 17.9 Å².